The number of nitrogens with zero attached hydrogens (tertiary/aromatic N) is 1. The highest BCUT2D eigenvalue weighted by Crippen LogP contribution is 2.21. The quantitative estimate of drug-likeness (QED) is 0.660. The molecule has 0 aliphatic heterocycles. The number of ether oxygens (including phenoxy) is 1. The summed E-state index contributed by atoms with van der Waals surface area (Å²) in [6, 6.07) is 15.7. The van der Waals surface area contributed by atoms with Crippen LogP contribution in [-0.4, -0.2) is 30.5 Å². The van der Waals surface area contributed by atoms with E-state index < -0.39 is 5.91 Å². The number of carbonyl (C=O) groups excluding carboxylic acids is 2. The van der Waals surface area contributed by atoms with Crippen LogP contribution in [0, 0.1) is 0 Å². The van der Waals surface area contributed by atoms with E-state index in [-0.39, 0.29) is 11.6 Å². The Bertz CT molecular complexity index is 1010. The van der Waals surface area contributed by atoms with Gasteiger partial charge in [0.25, 0.3) is 11.8 Å². The molecule has 136 valence electrons. The summed E-state index contributed by atoms with van der Waals surface area (Å²) in [7, 11) is 1.60. The second-order valence-corrected chi connectivity index (χ2v) is 5.75. The van der Waals surface area contributed by atoms with Gasteiger partial charge in [-0.3, -0.25) is 9.59 Å². The molecular weight excluding hydrogens is 342 g/mol. The van der Waals surface area contributed by atoms with Crippen molar-refractivity contribution >= 4 is 28.4 Å². The predicted octanol–water partition coefficient (Wildman–Crippen LogP) is 3.41. The lowest BCUT2D eigenvalue weighted by Crippen LogP contribution is -2.25. The SMILES string of the molecule is C=CCNC(=O)c1ccccc1NC(=O)c1ccc2cc(OC)ccc2n1. The largest absolute Gasteiger partial charge is 0.497 e. The van der Waals surface area contributed by atoms with Crippen LogP contribution in [0.4, 0.5) is 5.69 Å². The third kappa shape index (κ3) is 4.12. The zero-order chi connectivity index (χ0) is 19.2. The molecule has 2 aromatic carbocycles. The second kappa shape index (κ2) is 8.14. The van der Waals surface area contributed by atoms with Gasteiger partial charge in [0.1, 0.15) is 11.4 Å². The summed E-state index contributed by atoms with van der Waals surface area (Å²) in [6.45, 7) is 3.92. The molecule has 3 aromatic rings. The van der Waals surface area contributed by atoms with Gasteiger partial charge in [-0.05, 0) is 36.4 Å². The number of rotatable bonds is 6. The minimum Gasteiger partial charge on any atom is -0.497 e. The van der Waals surface area contributed by atoms with Crippen LogP contribution in [0.2, 0.25) is 0 Å². The van der Waals surface area contributed by atoms with Crippen LogP contribution in [0.3, 0.4) is 0 Å². The van der Waals surface area contributed by atoms with Crippen LogP contribution in [0.5, 0.6) is 5.75 Å². The first-order valence-electron chi connectivity index (χ1n) is 8.36. The minimum atomic E-state index is -0.392. The van der Waals surface area contributed by atoms with Crippen LogP contribution in [0.1, 0.15) is 20.8 Å². The Labute approximate surface area is 156 Å². The molecule has 0 saturated heterocycles. The van der Waals surface area contributed by atoms with Gasteiger partial charge in [-0.15, -0.1) is 6.58 Å². The van der Waals surface area contributed by atoms with E-state index in [1.165, 1.54) is 0 Å². The number of para-hydroxylation sites is 1. The number of aromatic nitrogens is 1. The summed E-state index contributed by atoms with van der Waals surface area (Å²) in [6.07, 6.45) is 1.59. The van der Waals surface area contributed by atoms with Gasteiger partial charge in [0, 0.05) is 11.9 Å². The summed E-state index contributed by atoms with van der Waals surface area (Å²) >= 11 is 0. The van der Waals surface area contributed by atoms with E-state index in [1.54, 1.807) is 55.7 Å². The highest BCUT2D eigenvalue weighted by Gasteiger charge is 2.14. The summed E-state index contributed by atoms with van der Waals surface area (Å²) in [5.41, 5.74) is 1.73. The number of hydrogen-bond acceptors (Lipinski definition) is 4. The first kappa shape index (κ1) is 18.1. The zero-order valence-electron chi connectivity index (χ0n) is 14.9. The van der Waals surface area contributed by atoms with Gasteiger partial charge >= 0.3 is 0 Å². The molecule has 2 amide bonds. The van der Waals surface area contributed by atoms with Crippen molar-refractivity contribution in [2.75, 3.05) is 19.0 Å². The van der Waals surface area contributed by atoms with Crippen molar-refractivity contribution in [2.45, 2.75) is 0 Å². The van der Waals surface area contributed by atoms with E-state index in [4.69, 9.17) is 4.74 Å². The zero-order valence-corrected chi connectivity index (χ0v) is 14.9. The Morgan fingerprint density at radius 1 is 1.11 bits per heavy atom. The number of hydrogen-bond donors (Lipinski definition) is 2. The van der Waals surface area contributed by atoms with E-state index >= 15 is 0 Å². The number of nitrogens with one attached hydrogen (secondary N) is 2. The molecule has 0 atom stereocenters. The minimum absolute atomic E-state index is 0.258. The number of carbonyl (C=O) groups is 2. The van der Waals surface area contributed by atoms with Crippen LogP contribution in [0.15, 0.2) is 67.3 Å². The molecule has 1 heterocycles. The standard InChI is InChI=1S/C21H19N3O3/c1-3-12-22-20(25)16-6-4-5-7-18(16)24-21(26)19-10-8-14-13-15(27-2)9-11-17(14)23-19/h3-11,13H,1,12H2,2H3,(H,22,25)(H,24,26). The fraction of sp³-hybridized carbons (Fsp3) is 0.0952. The number of pyridine rings is 1. The van der Waals surface area contributed by atoms with Gasteiger partial charge in [-0.1, -0.05) is 24.3 Å². The van der Waals surface area contributed by atoms with Crippen molar-refractivity contribution < 1.29 is 14.3 Å². The van der Waals surface area contributed by atoms with Crippen molar-refractivity contribution in [1.29, 1.82) is 0 Å². The van der Waals surface area contributed by atoms with E-state index in [0.717, 1.165) is 11.1 Å². The highest BCUT2D eigenvalue weighted by molar-refractivity contribution is 6.08. The van der Waals surface area contributed by atoms with Crippen molar-refractivity contribution in [3.63, 3.8) is 0 Å². The molecule has 27 heavy (non-hydrogen) atoms. The highest BCUT2D eigenvalue weighted by atomic mass is 16.5. The van der Waals surface area contributed by atoms with Crippen LogP contribution in [-0.2, 0) is 0 Å². The van der Waals surface area contributed by atoms with Crippen molar-refractivity contribution in [3.8, 4) is 5.75 Å². The Hall–Kier alpha value is -3.67. The van der Waals surface area contributed by atoms with Gasteiger partial charge in [0.15, 0.2) is 0 Å². The molecule has 1 aromatic heterocycles. The third-order valence-electron chi connectivity index (χ3n) is 3.96. The lowest BCUT2D eigenvalue weighted by atomic mass is 10.1. The summed E-state index contributed by atoms with van der Waals surface area (Å²) in [5.74, 6) is 0.0435. The molecule has 2 N–H and O–H groups in total. The molecule has 0 bridgehead atoms. The van der Waals surface area contributed by atoms with Gasteiger partial charge in [0.05, 0.1) is 23.9 Å². The predicted molar refractivity (Wildman–Crippen MR) is 105 cm³/mol. The first-order valence-corrected chi connectivity index (χ1v) is 8.36. The van der Waals surface area contributed by atoms with Gasteiger partial charge in [-0.25, -0.2) is 4.98 Å². The number of methoxy groups -OCH3 is 1. The van der Waals surface area contributed by atoms with Crippen molar-refractivity contribution in [3.05, 3.63) is 78.5 Å². The van der Waals surface area contributed by atoms with Crippen LogP contribution >= 0.6 is 0 Å². The monoisotopic (exact) mass is 361 g/mol. The van der Waals surface area contributed by atoms with Crippen molar-refractivity contribution in [2.24, 2.45) is 0 Å². The van der Waals surface area contributed by atoms with Crippen LogP contribution < -0.4 is 15.4 Å². The molecule has 0 radical (unpaired) electrons. The molecule has 0 fully saturated rings. The molecule has 6 heteroatoms. The molecule has 0 aliphatic carbocycles. The maximum Gasteiger partial charge on any atom is 0.274 e. The van der Waals surface area contributed by atoms with Gasteiger partial charge in [0.2, 0.25) is 0 Å². The van der Waals surface area contributed by atoms with E-state index in [2.05, 4.69) is 22.2 Å². The first-order chi connectivity index (χ1) is 13.1. The van der Waals surface area contributed by atoms with Gasteiger partial charge in [-0.2, -0.15) is 0 Å². The Morgan fingerprint density at radius 3 is 2.70 bits per heavy atom. The normalized spacial score (nSPS) is 10.3. The topological polar surface area (TPSA) is 80.3 Å². The maximum absolute atomic E-state index is 12.6. The Kier molecular flexibility index (Phi) is 5.47. The summed E-state index contributed by atoms with van der Waals surface area (Å²) in [5, 5.41) is 6.33. The fourth-order valence-corrected chi connectivity index (χ4v) is 2.59. The molecule has 0 aliphatic rings. The number of amides is 2. The molecule has 0 unspecified atom stereocenters. The van der Waals surface area contributed by atoms with Gasteiger partial charge < -0.3 is 15.4 Å². The van der Waals surface area contributed by atoms with E-state index in [0.29, 0.717) is 23.3 Å². The molecule has 3 rings (SSSR count). The lowest BCUT2D eigenvalue weighted by Gasteiger charge is -2.11. The summed E-state index contributed by atoms with van der Waals surface area (Å²) < 4.78 is 5.19. The van der Waals surface area contributed by atoms with Crippen molar-refractivity contribution in [1.82, 2.24) is 10.3 Å². The summed E-state index contributed by atoms with van der Waals surface area (Å²) in [4.78, 5) is 29.3. The van der Waals surface area contributed by atoms with Crippen LogP contribution in [0.25, 0.3) is 10.9 Å². The maximum atomic E-state index is 12.6. The molecular formula is C21H19N3O3. The van der Waals surface area contributed by atoms with E-state index in [9.17, 15) is 9.59 Å². The lowest BCUT2D eigenvalue weighted by molar-refractivity contribution is 0.0959. The number of anilines is 1. The number of benzene rings is 2. The third-order valence-corrected chi connectivity index (χ3v) is 3.96. The van der Waals surface area contributed by atoms with E-state index in [1.807, 2.05) is 12.1 Å². The molecule has 6 nitrogen and oxygen atoms in total. The average Bonchev–Trinajstić information content (AvgIpc) is 2.71. The smallest absolute Gasteiger partial charge is 0.274 e. The second-order valence-electron chi connectivity index (χ2n) is 5.75. The average molecular weight is 361 g/mol. The molecule has 0 spiro atoms. The molecule has 0 saturated carbocycles. The Balaban J connectivity index is 1.84. The number of fused-ring (bicyclic) bond motifs is 1. The Morgan fingerprint density at radius 2 is 1.93 bits per heavy atom. The fourth-order valence-electron chi connectivity index (χ4n) is 2.59.